The molecule has 14 heavy (non-hydrogen) atoms. The molecule has 0 heterocycles. The number of hydrogen-bond donors (Lipinski definition) is 3. The highest BCUT2D eigenvalue weighted by molar-refractivity contribution is 7.81. The van der Waals surface area contributed by atoms with Gasteiger partial charge in [0.1, 0.15) is 0 Å². The molecule has 0 amide bonds. The maximum absolute atomic E-state index is 6.23. The van der Waals surface area contributed by atoms with E-state index in [4.69, 9.17) is 5.73 Å². The summed E-state index contributed by atoms with van der Waals surface area (Å²) in [7, 11) is 0. The number of rotatable bonds is 3. The van der Waals surface area contributed by atoms with Crippen LogP contribution in [0.15, 0.2) is 24.3 Å². The number of hydrogen-bond acceptors (Lipinski definition) is 3. The maximum Gasteiger partial charge on any atom is 0.0918 e. The van der Waals surface area contributed by atoms with E-state index >= 15 is 0 Å². The molecule has 0 spiro atoms. The van der Waals surface area contributed by atoms with Gasteiger partial charge in [-0.1, -0.05) is 25.2 Å². The summed E-state index contributed by atoms with van der Waals surface area (Å²) in [6, 6.07) is 0. The van der Waals surface area contributed by atoms with E-state index in [2.05, 4.69) is 44.8 Å². The zero-order valence-electron chi connectivity index (χ0n) is 9.12. The molecule has 80 valence electrons. The van der Waals surface area contributed by atoms with Gasteiger partial charge in [0.15, 0.2) is 0 Å². The quantitative estimate of drug-likeness (QED) is 0.492. The van der Waals surface area contributed by atoms with E-state index < -0.39 is 5.66 Å². The number of thiol groups is 1. The highest BCUT2D eigenvalue weighted by Gasteiger charge is 2.29. The summed E-state index contributed by atoms with van der Waals surface area (Å²) in [6.45, 7) is 7.03. The van der Waals surface area contributed by atoms with Crippen molar-refractivity contribution in [3.63, 3.8) is 0 Å². The highest BCUT2D eigenvalue weighted by atomic mass is 32.1. The SMILES string of the molecule is CC1C=CC=CC1(N)NCC(C)(C)S. The van der Waals surface area contributed by atoms with E-state index in [9.17, 15) is 0 Å². The highest BCUT2D eigenvalue weighted by Crippen LogP contribution is 2.20. The van der Waals surface area contributed by atoms with Gasteiger partial charge in [-0.05, 0) is 19.9 Å². The van der Waals surface area contributed by atoms with Crippen molar-refractivity contribution in [3.8, 4) is 0 Å². The lowest BCUT2D eigenvalue weighted by atomic mass is 9.90. The van der Waals surface area contributed by atoms with Crippen LogP contribution < -0.4 is 11.1 Å². The molecule has 1 aliphatic rings. The molecule has 1 aliphatic carbocycles. The molecule has 0 saturated heterocycles. The van der Waals surface area contributed by atoms with Crippen molar-refractivity contribution >= 4 is 12.6 Å². The molecular weight excluding hydrogens is 192 g/mol. The minimum atomic E-state index is -0.422. The van der Waals surface area contributed by atoms with Crippen LogP contribution in [0, 0.1) is 5.92 Å². The summed E-state index contributed by atoms with van der Waals surface area (Å²) < 4.78 is -0.0406. The van der Waals surface area contributed by atoms with E-state index in [0.717, 1.165) is 6.54 Å². The van der Waals surface area contributed by atoms with Crippen LogP contribution in [0.1, 0.15) is 20.8 Å². The third-order valence-electron chi connectivity index (χ3n) is 2.46. The van der Waals surface area contributed by atoms with Gasteiger partial charge in [0.05, 0.1) is 5.66 Å². The average molecular weight is 212 g/mol. The van der Waals surface area contributed by atoms with Crippen LogP contribution in [-0.2, 0) is 0 Å². The third kappa shape index (κ3) is 3.15. The Hall–Kier alpha value is -0.250. The Balaban J connectivity index is 2.58. The molecule has 2 unspecified atom stereocenters. The lowest BCUT2D eigenvalue weighted by molar-refractivity contribution is 0.324. The molecule has 3 heteroatoms. The van der Waals surface area contributed by atoms with E-state index in [1.807, 2.05) is 18.2 Å². The maximum atomic E-state index is 6.23. The fourth-order valence-electron chi connectivity index (χ4n) is 1.35. The van der Waals surface area contributed by atoms with Crippen LogP contribution in [0.25, 0.3) is 0 Å². The molecule has 0 saturated carbocycles. The van der Waals surface area contributed by atoms with Crippen LogP contribution in [-0.4, -0.2) is 17.0 Å². The Labute approximate surface area is 92.0 Å². The van der Waals surface area contributed by atoms with Gasteiger partial charge < -0.3 is 5.73 Å². The number of nitrogens with one attached hydrogen (secondary N) is 1. The van der Waals surface area contributed by atoms with E-state index in [1.54, 1.807) is 0 Å². The van der Waals surface area contributed by atoms with Gasteiger partial charge in [-0.25, -0.2) is 0 Å². The Morgan fingerprint density at radius 3 is 2.64 bits per heavy atom. The molecule has 2 atom stereocenters. The number of nitrogens with two attached hydrogens (primary N) is 1. The summed E-state index contributed by atoms with van der Waals surface area (Å²) in [5, 5.41) is 3.35. The second kappa shape index (κ2) is 4.09. The summed E-state index contributed by atoms with van der Waals surface area (Å²) in [4.78, 5) is 0. The van der Waals surface area contributed by atoms with Gasteiger partial charge >= 0.3 is 0 Å². The van der Waals surface area contributed by atoms with Crippen molar-refractivity contribution in [3.05, 3.63) is 24.3 Å². The van der Waals surface area contributed by atoms with Crippen molar-refractivity contribution in [1.29, 1.82) is 0 Å². The molecule has 0 aliphatic heterocycles. The first kappa shape index (κ1) is 11.8. The summed E-state index contributed by atoms with van der Waals surface area (Å²) >= 11 is 4.46. The van der Waals surface area contributed by atoms with Crippen LogP contribution in [0.3, 0.4) is 0 Å². The van der Waals surface area contributed by atoms with Crippen LogP contribution in [0.5, 0.6) is 0 Å². The van der Waals surface area contributed by atoms with Crippen molar-refractivity contribution < 1.29 is 0 Å². The molecule has 0 radical (unpaired) electrons. The predicted octanol–water partition coefficient (Wildman–Crippen LogP) is 1.70. The monoisotopic (exact) mass is 212 g/mol. The first-order chi connectivity index (χ1) is 6.33. The Morgan fingerprint density at radius 2 is 2.14 bits per heavy atom. The standard InChI is InChI=1S/C11H20N2S/c1-9-6-4-5-7-11(9,12)13-8-10(2,3)14/h4-7,9,13-14H,8,12H2,1-3H3. The first-order valence-corrected chi connectivity index (χ1v) is 5.40. The third-order valence-corrected chi connectivity index (χ3v) is 2.62. The lowest BCUT2D eigenvalue weighted by Gasteiger charge is -2.36. The molecule has 1 rings (SSSR count). The predicted molar refractivity (Wildman–Crippen MR) is 65.4 cm³/mol. The molecule has 0 aromatic heterocycles. The molecule has 0 bridgehead atoms. The van der Waals surface area contributed by atoms with Crippen molar-refractivity contribution in [2.75, 3.05) is 6.54 Å². The fourth-order valence-corrected chi connectivity index (χ4v) is 1.42. The topological polar surface area (TPSA) is 38.0 Å². The molecule has 2 nitrogen and oxygen atoms in total. The molecule has 0 aromatic rings. The molecule has 0 fully saturated rings. The van der Waals surface area contributed by atoms with Gasteiger partial charge in [-0.3, -0.25) is 5.32 Å². The summed E-state index contributed by atoms with van der Waals surface area (Å²) in [6.07, 6.45) is 8.14. The van der Waals surface area contributed by atoms with Gasteiger partial charge in [-0.2, -0.15) is 12.6 Å². The normalized spacial score (nSPS) is 32.2. The Bertz CT molecular complexity index is 253. The van der Waals surface area contributed by atoms with E-state index in [-0.39, 0.29) is 4.75 Å². The zero-order chi connectivity index (χ0) is 10.8. The molecule has 3 N–H and O–H groups in total. The minimum absolute atomic E-state index is 0.0406. The Kier molecular flexibility index (Phi) is 3.45. The van der Waals surface area contributed by atoms with E-state index in [1.165, 1.54) is 0 Å². The van der Waals surface area contributed by atoms with Crippen LogP contribution in [0.2, 0.25) is 0 Å². The smallest absolute Gasteiger partial charge is 0.0918 e. The molecule has 0 aromatic carbocycles. The summed E-state index contributed by atoms with van der Waals surface area (Å²) in [5.41, 5.74) is 5.80. The molecular formula is C11H20N2S. The van der Waals surface area contributed by atoms with Crippen LogP contribution >= 0.6 is 12.6 Å². The number of allylic oxidation sites excluding steroid dienone is 2. The van der Waals surface area contributed by atoms with Gasteiger partial charge in [0.25, 0.3) is 0 Å². The minimum Gasteiger partial charge on any atom is -0.310 e. The van der Waals surface area contributed by atoms with Gasteiger partial charge in [0, 0.05) is 17.2 Å². The van der Waals surface area contributed by atoms with Crippen molar-refractivity contribution in [2.24, 2.45) is 11.7 Å². The average Bonchev–Trinajstić information content (AvgIpc) is 2.06. The van der Waals surface area contributed by atoms with Crippen LogP contribution in [0.4, 0.5) is 0 Å². The first-order valence-electron chi connectivity index (χ1n) is 4.96. The van der Waals surface area contributed by atoms with Crippen molar-refractivity contribution in [2.45, 2.75) is 31.2 Å². The van der Waals surface area contributed by atoms with Gasteiger partial charge in [0.2, 0.25) is 0 Å². The van der Waals surface area contributed by atoms with E-state index in [0.29, 0.717) is 5.92 Å². The summed E-state index contributed by atoms with van der Waals surface area (Å²) in [5.74, 6) is 0.309. The Morgan fingerprint density at radius 1 is 1.50 bits per heavy atom. The zero-order valence-corrected chi connectivity index (χ0v) is 10.0. The van der Waals surface area contributed by atoms with Crippen molar-refractivity contribution in [1.82, 2.24) is 5.32 Å². The lowest BCUT2D eigenvalue weighted by Crippen LogP contribution is -2.59. The van der Waals surface area contributed by atoms with Gasteiger partial charge in [-0.15, -0.1) is 0 Å². The second-order valence-corrected chi connectivity index (χ2v) is 5.84. The largest absolute Gasteiger partial charge is 0.310 e. The fraction of sp³-hybridized carbons (Fsp3) is 0.636. The second-order valence-electron chi connectivity index (χ2n) is 4.63.